The van der Waals surface area contributed by atoms with Crippen molar-refractivity contribution in [2.24, 2.45) is 11.3 Å². The van der Waals surface area contributed by atoms with Crippen LogP contribution in [0.1, 0.15) is 30.4 Å². The van der Waals surface area contributed by atoms with Gasteiger partial charge < -0.3 is 15.4 Å². The highest BCUT2D eigenvalue weighted by atomic mass is 16.5. The summed E-state index contributed by atoms with van der Waals surface area (Å²) in [6.07, 6.45) is 3.29. The van der Waals surface area contributed by atoms with Gasteiger partial charge in [0.25, 0.3) is 0 Å². The fraction of sp³-hybridized carbons (Fsp3) is 0.409. The van der Waals surface area contributed by atoms with E-state index in [1.54, 1.807) is 0 Å². The normalized spacial score (nSPS) is 20.6. The summed E-state index contributed by atoms with van der Waals surface area (Å²) in [7, 11) is 0. The second kappa shape index (κ2) is 7.12. The van der Waals surface area contributed by atoms with E-state index in [0.717, 1.165) is 55.0 Å². The van der Waals surface area contributed by atoms with Gasteiger partial charge in [0.1, 0.15) is 11.5 Å². The van der Waals surface area contributed by atoms with Crippen molar-refractivity contribution in [1.82, 2.24) is 10.6 Å². The number of nitrogens with one attached hydrogen (secondary N) is 2. The van der Waals surface area contributed by atoms with Crippen molar-refractivity contribution >= 4 is 5.91 Å². The number of amides is 1. The Bertz CT molecular complexity index is 782. The zero-order valence-electron chi connectivity index (χ0n) is 15.3. The standard InChI is InChI=1S/C22H26N2O2/c1-16-7-8-17(20(13-16)26-18-5-3-2-4-6-18)15-24-21(25)19-14-22(19)9-11-23-12-10-22/h2-8,13,19,23H,9-12,14-15H2,1H3,(H,24,25). The smallest absolute Gasteiger partial charge is 0.223 e. The zero-order valence-corrected chi connectivity index (χ0v) is 15.3. The quantitative estimate of drug-likeness (QED) is 0.862. The molecule has 1 aliphatic carbocycles. The van der Waals surface area contributed by atoms with Gasteiger partial charge in [0.05, 0.1) is 0 Å². The van der Waals surface area contributed by atoms with E-state index in [4.69, 9.17) is 4.74 Å². The molecule has 4 heteroatoms. The minimum absolute atomic E-state index is 0.188. The maximum Gasteiger partial charge on any atom is 0.223 e. The third-order valence-electron chi connectivity index (χ3n) is 5.75. The highest BCUT2D eigenvalue weighted by Crippen LogP contribution is 2.58. The average molecular weight is 350 g/mol. The molecule has 2 aliphatic rings. The summed E-state index contributed by atoms with van der Waals surface area (Å²) in [6, 6.07) is 15.9. The lowest BCUT2D eigenvalue weighted by atomic mass is 9.92. The number of hydrogen-bond acceptors (Lipinski definition) is 3. The molecule has 2 fully saturated rings. The van der Waals surface area contributed by atoms with Gasteiger partial charge in [-0.15, -0.1) is 0 Å². The molecule has 1 amide bonds. The Kier molecular flexibility index (Phi) is 4.68. The van der Waals surface area contributed by atoms with Crippen molar-refractivity contribution in [3.8, 4) is 11.5 Å². The topological polar surface area (TPSA) is 50.4 Å². The van der Waals surface area contributed by atoms with Crippen molar-refractivity contribution < 1.29 is 9.53 Å². The lowest BCUT2D eigenvalue weighted by molar-refractivity contribution is -0.123. The Morgan fingerprint density at radius 2 is 1.96 bits per heavy atom. The summed E-state index contributed by atoms with van der Waals surface area (Å²) in [5, 5.41) is 6.52. The molecule has 0 aromatic heterocycles. The number of rotatable bonds is 5. The van der Waals surface area contributed by atoms with Crippen LogP contribution in [0.25, 0.3) is 0 Å². The molecule has 136 valence electrons. The van der Waals surface area contributed by atoms with Crippen molar-refractivity contribution in [2.75, 3.05) is 13.1 Å². The first-order valence-electron chi connectivity index (χ1n) is 9.47. The van der Waals surface area contributed by atoms with Crippen molar-refractivity contribution in [1.29, 1.82) is 0 Å². The summed E-state index contributed by atoms with van der Waals surface area (Å²) in [6.45, 7) is 4.63. The van der Waals surface area contributed by atoms with Gasteiger partial charge >= 0.3 is 0 Å². The van der Waals surface area contributed by atoms with Gasteiger partial charge in [-0.25, -0.2) is 0 Å². The van der Waals surface area contributed by atoms with Gasteiger partial charge in [-0.05, 0) is 68.5 Å². The number of ether oxygens (including phenoxy) is 1. The van der Waals surface area contributed by atoms with Crippen LogP contribution in [0.4, 0.5) is 0 Å². The van der Waals surface area contributed by atoms with Crippen LogP contribution in [0.5, 0.6) is 11.5 Å². The fourth-order valence-corrected chi connectivity index (χ4v) is 4.02. The zero-order chi connectivity index (χ0) is 18.0. The molecule has 1 spiro atoms. The number of carbonyl (C=O) groups is 1. The molecule has 1 heterocycles. The van der Waals surface area contributed by atoms with Gasteiger partial charge in [-0.1, -0.05) is 30.3 Å². The first kappa shape index (κ1) is 17.1. The monoisotopic (exact) mass is 350 g/mol. The van der Waals surface area contributed by atoms with Crippen LogP contribution in [-0.2, 0) is 11.3 Å². The second-order valence-corrected chi connectivity index (χ2v) is 7.61. The first-order chi connectivity index (χ1) is 12.7. The Morgan fingerprint density at radius 3 is 2.73 bits per heavy atom. The van der Waals surface area contributed by atoms with Crippen LogP contribution in [0.3, 0.4) is 0 Å². The molecular weight excluding hydrogens is 324 g/mol. The predicted octanol–water partition coefficient (Wildman–Crippen LogP) is 3.79. The summed E-state index contributed by atoms with van der Waals surface area (Å²) in [5.41, 5.74) is 2.42. The predicted molar refractivity (Wildman–Crippen MR) is 102 cm³/mol. The van der Waals surface area contributed by atoms with Crippen LogP contribution >= 0.6 is 0 Å². The van der Waals surface area contributed by atoms with E-state index in [2.05, 4.69) is 16.7 Å². The maximum absolute atomic E-state index is 12.6. The van der Waals surface area contributed by atoms with E-state index in [1.165, 1.54) is 0 Å². The van der Waals surface area contributed by atoms with E-state index in [0.29, 0.717) is 6.54 Å². The molecule has 1 aliphatic heterocycles. The van der Waals surface area contributed by atoms with Crippen molar-refractivity contribution in [3.05, 3.63) is 59.7 Å². The molecule has 0 bridgehead atoms. The van der Waals surface area contributed by atoms with Gasteiger partial charge in [0.2, 0.25) is 5.91 Å². The summed E-state index contributed by atoms with van der Waals surface area (Å²) in [5.74, 6) is 2.00. The number of benzene rings is 2. The van der Waals surface area contributed by atoms with E-state index < -0.39 is 0 Å². The van der Waals surface area contributed by atoms with Crippen molar-refractivity contribution in [3.63, 3.8) is 0 Å². The van der Waals surface area contributed by atoms with Gasteiger partial charge in [-0.3, -0.25) is 4.79 Å². The average Bonchev–Trinajstić information content (AvgIpc) is 3.35. The third-order valence-corrected chi connectivity index (χ3v) is 5.75. The van der Waals surface area contributed by atoms with E-state index in [9.17, 15) is 4.79 Å². The van der Waals surface area contributed by atoms with Crippen LogP contribution in [0.15, 0.2) is 48.5 Å². The molecule has 4 rings (SSSR count). The third kappa shape index (κ3) is 3.61. The SMILES string of the molecule is Cc1ccc(CNC(=O)C2CC23CCNCC3)c(Oc2ccccc2)c1. The Morgan fingerprint density at radius 1 is 1.19 bits per heavy atom. The largest absolute Gasteiger partial charge is 0.457 e. The Hall–Kier alpha value is -2.33. The molecular formula is C22H26N2O2. The summed E-state index contributed by atoms with van der Waals surface area (Å²) >= 11 is 0. The van der Waals surface area contributed by atoms with Gasteiger partial charge in [0.15, 0.2) is 0 Å². The molecule has 26 heavy (non-hydrogen) atoms. The van der Waals surface area contributed by atoms with Gasteiger partial charge in [-0.2, -0.15) is 0 Å². The highest BCUT2D eigenvalue weighted by molar-refractivity contribution is 5.82. The lowest BCUT2D eigenvalue weighted by Crippen LogP contribution is -2.33. The number of para-hydroxylation sites is 1. The van der Waals surface area contributed by atoms with Crippen LogP contribution in [0, 0.1) is 18.3 Å². The van der Waals surface area contributed by atoms with E-state index >= 15 is 0 Å². The molecule has 0 radical (unpaired) electrons. The molecule has 1 atom stereocenters. The molecule has 2 aromatic carbocycles. The van der Waals surface area contributed by atoms with Crippen molar-refractivity contribution in [2.45, 2.75) is 32.7 Å². The summed E-state index contributed by atoms with van der Waals surface area (Å²) in [4.78, 5) is 12.6. The molecule has 1 saturated carbocycles. The lowest BCUT2D eigenvalue weighted by Gasteiger charge is -2.23. The highest BCUT2D eigenvalue weighted by Gasteiger charge is 2.57. The second-order valence-electron chi connectivity index (χ2n) is 7.61. The molecule has 1 saturated heterocycles. The molecule has 2 aromatic rings. The van der Waals surface area contributed by atoms with Crippen LogP contribution < -0.4 is 15.4 Å². The van der Waals surface area contributed by atoms with E-state index in [-0.39, 0.29) is 17.2 Å². The number of hydrogen-bond donors (Lipinski definition) is 2. The molecule has 1 unspecified atom stereocenters. The number of aryl methyl sites for hydroxylation is 1. The van der Waals surface area contributed by atoms with Crippen LogP contribution in [0.2, 0.25) is 0 Å². The Labute approximate surface area is 155 Å². The minimum Gasteiger partial charge on any atom is -0.457 e. The summed E-state index contributed by atoms with van der Waals surface area (Å²) < 4.78 is 6.05. The molecule has 2 N–H and O–H groups in total. The van der Waals surface area contributed by atoms with Crippen LogP contribution in [-0.4, -0.2) is 19.0 Å². The van der Waals surface area contributed by atoms with E-state index in [1.807, 2.05) is 49.4 Å². The van der Waals surface area contributed by atoms with Gasteiger partial charge in [0, 0.05) is 18.0 Å². The number of carbonyl (C=O) groups excluding carboxylic acids is 1. The minimum atomic E-state index is 0.188. The first-order valence-corrected chi connectivity index (χ1v) is 9.47. The number of piperidine rings is 1. The fourth-order valence-electron chi connectivity index (χ4n) is 4.02. The Balaban J connectivity index is 1.41. The maximum atomic E-state index is 12.6. The molecule has 4 nitrogen and oxygen atoms in total.